The summed E-state index contributed by atoms with van der Waals surface area (Å²) in [6, 6.07) is 19.5. The van der Waals surface area contributed by atoms with Crippen molar-refractivity contribution in [2.45, 2.75) is 63.4 Å². The summed E-state index contributed by atoms with van der Waals surface area (Å²) in [6.45, 7) is 0. The Morgan fingerprint density at radius 1 is 0.964 bits per heavy atom. The van der Waals surface area contributed by atoms with E-state index in [1.165, 1.54) is 41.3 Å². The molecule has 1 heterocycles. The predicted octanol–water partition coefficient (Wildman–Crippen LogP) is 6.06. The molecule has 3 aromatic rings. The molecule has 1 aromatic heterocycles. The van der Waals surface area contributed by atoms with E-state index < -0.39 is 5.60 Å². The number of aliphatic hydroxyl groups is 1. The van der Waals surface area contributed by atoms with Crippen LogP contribution in [0.2, 0.25) is 0 Å². The summed E-state index contributed by atoms with van der Waals surface area (Å²) in [5.41, 5.74) is 3.69. The topological polar surface area (TPSA) is 25.2 Å². The Kier molecular flexibility index (Phi) is 5.87. The van der Waals surface area contributed by atoms with E-state index in [2.05, 4.69) is 72.4 Å². The van der Waals surface area contributed by atoms with E-state index in [-0.39, 0.29) is 0 Å². The molecule has 4 rings (SSSR count). The maximum absolute atomic E-state index is 11.2. The number of benzene rings is 2. The van der Waals surface area contributed by atoms with Crippen LogP contribution in [0.3, 0.4) is 0 Å². The fourth-order valence-corrected chi connectivity index (χ4v) is 5.16. The minimum atomic E-state index is -0.448. The smallest absolute Gasteiger partial charge is 0.0650 e. The molecule has 0 spiro atoms. The van der Waals surface area contributed by atoms with Crippen LogP contribution in [0, 0.1) is 5.92 Å². The second-order valence-corrected chi connectivity index (χ2v) is 8.87. The normalized spacial score (nSPS) is 17.6. The van der Waals surface area contributed by atoms with Gasteiger partial charge in [0.1, 0.15) is 0 Å². The molecule has 2 aromatic carbocycles. The number of aromatic nitrogens is 1. The van der Waals surface area contributed by atoms with Gasteiger partial charge in [-0.25, -0.2) is 0 Å². The fourth-order valence-electron chi connectivity index (χ4n) is 5.16. The Hall–Kier alpha value is -2.06. The molecule has 2 nitrogen and oxygen atoms in total. The van der Waals surface area contributed by atoms with Gasteiger partial charge >= 0.3 is 0 Å². The highest BCUT2D eigenvalue weighted by atomic mass is 16.3. The number of hydrogen-bond donors (Lipinski definition) is 1. The molecule has 1 saturated carbocycles. The molecule has 1 N–H and O–H groups in total. The largest absolute Gasteiger partial charge is 0.390 e. The molecule has 1 atom stereocenters. The van der Waals surface area contributed by atoms with Crippen LogP contribution in [-0.2, 0) is 19.9 Å². The van der Waals surface area contributed by atoms with Crippen molar-refractivity contribution in [2.75, 3.05) is 0 Å². The van der Waals surface area contributed by atoms with Gasteiger partial charge in [-0.05, 0) is 61.6 Å². The zero-order chi connectivity index (χ0) is 19.4. The molecule has 1 aliphatic carbocycles. The summed E-state index contributed by atoms with van der Waals surface area (Å²) in [4.78, 5) is 0. The van der Waals surface area contributed by atoms with Gasteiger partial charge in [-0.3, -0.25) is 0 Å². The number of aryl methyl sites for hydroxylation is 2. The van der Waals surface area contributed by atoms with Crippen LogP contribution >= 0.6 is 0 Å². The van der Waals surface area contributed by atoms with E-state index >= 15 is 0 Å². The molecule has 0 saturated heterocycles. The first-order valence-corrected chi connectivity index (χ1v) is 10.9. The van der Waals surface area contributed by atoms with Crippen LogP contribution in [0.1, 0.15) is 56.1 Å². The van der Waals surface area contributed by atoms with Gasteiger partial charge < -0.3 is 9.67 Å². The van der Waals surface area contributed by atoms with E-state index in [9.17, 15) is 5.11 Å². The fraction of sp³-hybridized carbons (Fsp3) is 0.462. The number of rotatable bonds is 7. The highest BCUT2D eigenvalue weighted by Crippen LogP contribution is 2.36. The van der Waals surface area contributed by atoms with Gasteiger partial charge in [-0.15, -0.1) is 0 Å². The van der Waals surface area contributed by atoms with Gasteiger partial charge in [-0.1, -0.05) is 67.8 Å². The average molecular weight is 376 g/mol. The number of para-hydroxylation sites is 1. The van der Waals surface area contributed by atoms with E-state index in [4.69, 9.17) is 0 Å². The van der Waals surface area contributed by atoms with Crippen molar-refractivity contribution in [1.29, 1.82) is 0 Å². The summed E-state index contributed by atoms with van der Waals surface area (Å²) < 4.78 is 2.24. The molecule has 1 fully saturated rings. The van der Waals surface area contributed by atoms with Crippen molar-refractivity contribution in [3.05, 3.63) is 71.9 Å². The Morgan fingerprint density at radius 2 is 1.68 bits per heavy atom. The van der Waals surface area contributed by atoms with E-state index in [1.54, 1.807) is 0 Å². The molecule has 28 heavy (non-hydrogen) atoms. The lowest BCUT2D eigenvalue weighted by Crippen LogP contribution is -2.34. The van der Waals surface area contributed by atoms with Crippen molar-refractivity contribution in [2.24, 2.45) is 13.0 Å². The van der Waals surface area contributed by atoms with Crippen LogP contribution in [0.25, 0.3) is 10.9 Å². The van der Waals surface area contributed by atoms with E-state index in [0.717, 1.165) is 38.5 Å². The van der Waals surface area contributed by atoms with Crippen LogP contribution in [0.4, 0.5) is 0 Å². The minimum absolute atomic E-state index is 0.448. The van der Waals surface area contributed by atoms with Gasteiger partial charge in [0, 0.05) is 24.1 Å². The molecular formula is C26H33NO. The first kappa shape index (κ1) is 19.3. The summed E-state index contributed by atoms with van der Waals surface area (Å²) in [6.07, 6.45) is 12.1. The Bertz CT molecular complexity index is 889. The zero-order valence-electron chi connectivity index (χ0n) is 17.1. The standard InChI is InChI=1S/C26H33NO/c1-27-20-23(24-12-6-7-13-25(24)27)15-14-22(18-21-10-4-2-5-11-21)19-26(28)16-8-3-9-17-26/h2,4-7,10-13,20,22,28H,3,8-9,14-19H2,1H3. The van der Waals surface area contributed by atoms with Crippen LogP contribution in [0.15, 0.2) is 60.8 Å². The third-order valence-corrected chi connectivity index (χ3v) is 6.62. The molecule has 0 amide bonds. The molecule has 148 valence electrons. The summed E-state index contributed by atoms with van der Waals surface area (Å²) in [5.74, 6) is 0.518. The summed E-state index contributed by atoms with van der Waals surface area (Å²) in [5, 5.41) is 12.6. The molecule has 0 aliphatic heterocycles. The Morgan fingerprint density at radius 3 is 2.46 bits per heavy atom. The van der Waals surface area contributed by atoms with Gasteiger partial charge in [0.05, 0.1) is 5.60 Å². The van der Waals surface area contributed by atoms with Crippen molar-refractivity contribution < 1.29 is 5.11 Å². The summed E-state index contributed by atoms with van der Waals surface area (Å²) in [7, 11) is 2.14. The second kappa shape index (κ2) is 8.53. The summed E-state index contributed by atoms with van der Waals surface area (Å²) >= 11 is 0. The maximum atomic E-state index is 11.2. The van der Waals surface area contributed by atoms with Crippen molar-refractivity contribution in [1.82, 2.24) is 4.57 Å². The van der Waals surface area contributed by atoms with Crippen molar-refractivity contribution in [3.8, 4) is 0 Å². The third kappa shape index (κ3) is 4.50. The lowest BCUT2D eigenvalue weighted by Gasteiger charge is -2.35. The monoisotopic (exact) mass is 375 g/mol. The number of hydrogen-bond acceptors (Lipinski definition) is 1. The minimum Gasteiger partial charge on any atom is -0.390 e. The SMILES string of the molecule is Cn1cc(CCC(Cc2ccccc2)CC2(O)CCCCC2)c2ccccc21. The van der Waals surface area contributed by atoms with Crippen LogP contribution in [-0.4, -0.2) is 15.3 Å². The molecule has 1 unspecified atom stereocenters. The van der Waals surface area contributed by atoms with Gasteiger partial charge in [-0.2, -0.15) is 0 Å². The Labute approximate surface area is 169 Å². The molecule has 0 radical (unpaired) electrons. The highest BCUT2D eigenvalue weighted by molar-refractivity contribution is 5.83. The number of fused-ring (bicyclic) bond motifs is 1. The highest BCUT2D eigenvalue weighted by Gasteiger charge is 2.32. The lowest BCUT2D eigenvalue weighted by atomic mass is 9.76. The van der Waals surface area contributed by atoms with Crippen molar-refractivity contribution >= 4 is 10.9 Å². The third-order valence-electron chi connectivity index (χ3n) is 6.62. The maximum Gasteiger partial charge on any atom is 0.0650 e. The van der Waals surface area contributed by atoms with E-state index in [1.807, 2.05) is 0 Å². The second-order valence-electron chi connectivity index (χ2n) is 8.87. The Balaban J connectivity index is 1.50. The van der Waals surface area contributed by atoms with Crippen molar-refractivity contribution in [3.63, 3.8) is 0 Å². The van der Waals surface area contributed by atoms with Gasteiger partial charge in [0.15, 0.2) is 0 Å². The average Bonchev–Trinajstić information content (AvgIpc) is 3.03. The number of nitrogens with zero attached hydrogens (tertiary/aromatic N) is 1. The molecule has 2 heteroatoms. The first-order chi connectivity index (χ1) is 13.6. The molecule has 1 aliphatic rings. The zero-order valence-corrected chi connectivity index (χ0v) is 17.1. The van der Waals surface area contributed by atoms with Crippen LogP contribution in [0.5, 0.6) is 0 Å². The van der Waals surface area contributed by atoms with E-state index in [0.29, 0.717) is 5.92 Å². The molecular weight excluding hydrogens is 342 g/mol. The quantitative estimate of drug-likeness (QED) is 0.534. The first-order valence-electron chi connectivity index (χ1n) is 10.9. The van der Waals surface area contributed by atoms with Crippen LogP contribution < -0.4 is 0 Å². The molecule has 0 bridgehead atoms. The predicted molar refractivity (Wildman–Crippen MR) is 118 cm³/mol. The van der Waals surface area contributed by atoms with Gasteiger partial charge in [0.2, 0.25) is 0 Å². The lowest BCUT2D eigenvalue weighted by molar-refractivity contribution is -0.0185. The van der Waals surface area contributed by atoms with Gasteiger partial charge in [0.25, 0.3) is 0 Å².